The van der Waals surface area contributed by atoms with Crippen molar-refractivity contribution in [2.45, 2.75) is 102 Å². The van der Waals surface area contributed by atoms with Gasteiger partial charge in [-0.3, -0.25) is 14.4 Å². The van der Waals surface area contributed by atoms with Crippen molar-refractivity contribution in [1.82, 2.24) is 10.3 Å². The summed E-state index contributed by atoms with van der Waals surface area (Å²) in [6.07, 6.45) is 10.3. The fourth-order valence-electron chi connectivity index (χ4n) is 6.82. The summed E-state index contributed by atoms with van der Waals surface area (Å²) >= 11 is 0. The Morgan fingerprint density at radius 3 is 2.28 bits per heavy atom. The van der Waals surface area contributed by atoms with Gasteiger partial charge in [0.2, 0.25) is 5.79 Å². The third-order valence-corrected chi connectivity index (χ3v) is 10.3. The zero-order chi connectivity index (χ0) is 42.7. The number of amides is 1. The summed E-state index contributed by atoms with van der Waals surface area (Å²) in [4.78, 5) is 40.1. The summed E-state index contributed by atoms with van der Waals surface area (Å²) in [6, 6.07) is 1.22. The highest BCUT2D eigenvalue weighted by Crippen LogP contribution is 2.43. The number of allylic oxidation sites excluding steroid dienone is 10. The van der Waals surface area contributed by atoms with Gasteiger partial charge in [-0.05, 0) is 38.0 Å². The number of aromatic amines is 1. The minimum atomic E-state index is -2.57. The van der Waals surface area contributed by atoms with Crippen LogP contribution in [0.3, 0.4) is 0 Å². The van der Waals surface area contributed by atoms with E-state index in [2.05, 4.69) is 10.3 Å². The quantitative estimate of drug-likeness (QED) is 0.0641. The van der Waals surface area contributed by atoms with Crippen LogP contribution >= 0.6 is 0 Å². The normalized spacial score (nSPS) is 30.2. The van der Waals surface area contributed by atoms with Crippen LogP contribution in [-0.4, -0.2) is 129 Å². The lowest BCUT2D eigenvalue weighted by atomic mass is 9.72. The van der Waals surface area contributed by atoms with Gasteiger partial charge in [-0.1, -0.05) is 93.7 Å². The minimum Gasteiger partial charge on any atom is -0.507 e. The predicted octanol–water partition coefficient (Wildman–Crippen LogP) is 2.06. The van der Waals surface area contributed by atoms with E-state index in [0.29, 0.717) is 0 Å². The number of ether oxygens (including phenoxy) is 4. The van der Waals surface area contributed by atoms with E-state index in [1.807, 2.05) is 20.8 Å². The van der Waals surface area contributed by atoms with Gasteiger partial charge in [-0.25, -0.2) is 0 Å². The van der Waals surface area contributed by atoms with Crippen molar-refractivity contribution in [3.63, 3.8) is 0 Å². The molecule has 1 aromatic rings. The number of hydrogen-bond donors (Lipinski definition) is 8. The second kappa shape index (κ2) is 20.9. The lowest BCUT2D eigenvalue weighted by Crippen LogP contribution is -2.71. The van der Waals surface area contributed by atoms with Crippen molar-refractivity contribution in [3.05, 3.63) is 112 Å². The van der Waals surface area contributed by atoms with Crippen LogP contribution in [0.25, 0.3) is 0 Å². The standard InChI is InChI=1S/C42H58N2O13/c1-9-10-12-20-29-41(5,6)36(49)37(50)42(53,57-29)38(55-8)40(52)43-22-16-15-18-25(3)34(54-7)26(4)35-33(48)32(47)28(56-35)19-14-11-13-17-24(2)31(46)30-27(45)21-23-44-39(30)51/h9-21,23,26,28-29,32-38,47-50,53H,22H2,1-8H3,(H,43,52)(H2,44,45,51)/b10-9+,13-11+,16-15+,19-14+,20-12+,24-17+,25-18-/t26-,28-,29+,32+,33+,34-,35+,36+,37-,38-,42+/m1/s1. The van der Waals surface area contributed by atoms with Crippen LogP contribution in [0.15, 0.2) is 101 Å². The molecule has 57 heavy (non-hydrogen) atoms. The van der Waals surface area contributed by atoms with Crippen LogP contribution in [-0.2, 0) is 23.7 Å². The molecule has 11 atom stereocenters. The number of aliphatic hydroxyl groups is 5. The van der Waals surface area contributed by atoms with Gasteiger partial charge in [0.25, 0.3) is 11.5 Å². The van der Waals surface area contributed by atoms with Gasteiger partial charge in [0.05, 0.1) is 24.4 Å². The maximum absolute atomic E-state index is 13.2. The average molecular weight is 799 g/mol. The molecule has 0 aliphatic carbocycles. The average Bonchev–Trinajstić information content (AvgIpc) is 3.45. The molecule has 0 bridgehead atoms. The van der Waals surface area contributed by atoms with E-state index < -0.39 is 95.1 Å². The van der Waals surface area contributed by atoms with Gasteiger partial charge in [0.1, 0.15) is 35.7 Å². The molecule has 314 valence electrons. The molecular formula is C42H58N2O13. The fraction of sp³-hybridized carbons (Fsp3) is 0.500. The Morgan fingerprint density at radius 2 is 1.65 bits per heavy atom. The van der Waals surface area contributed by atoms with Crippen LogP contribution in [0.4, 0.5) is 0 Å². The Morgan fingerprint density at radius 1 is 0.965 bits per heavy atom. The first-order valence-electron chi connectivity index (χ1n) is 18.6. The summed E-state index contributed by atoms with van der Waals surface area (Å²) in [5.74, 6) is -4.83. The lowest BCUT2D eigenvalue weighted by molar-refractivity contribution is -0.368. The number of methoxy groups -OCH3 is 2. The summed E-state index contributed by atoms with van der Waals surface area (Å²) < 4.78 is 22.9. The number of nitrogens with one attached hydrogen (secondary N) is 2. The number of rotatable bonds is 17. The van der Waals surface area contributed by atoms with E-state index in [1.165, 1.54) is 39.5 Å². The van der Waals surface area contributed by atoms with Crippen LogP contribution in [0.2, 0.25) is 0 Å². The van der Waals surface area contributed by atoms with E-state index in [4.69, 9.17) is 18.9 Å². The number of aromatic hydroxyl groups is 1. The van der Waals surface area contributed by atoms with Gasteiger partial charge in [0, 0.05) is 38.3 Å². The first kappa shape index (κ1) is 47.1. The maximum atomic E-state index is 13.2. The zero-order valence-electron chi connectivity index (χ0n) is 33.6. The van der Waals surface area contributed by atoms with Gasteiger partial charge >= 0.3 is 0 Å². The Kier molecular flexibility index (Phi) is 17.3. The molecule has 2 saturated heterocycles. The van der Waals surface area contributed by atoms with Crippen LogP contribution in [0.5, 0.6) is 5.75 Å². The minimum absolute atomic E-state index is 0.00171. The molecule has 15 heteroatoms. The smallest absolute Gasteiger partial charge is 0.262 e. The molecule has 3 rings (SSSR count). The van der Waals surface area contributed by atoms with Gasteiger partial charge < -0.3 is 59.9 Å². The molecule has 0 unspecified atom stereocenters. The molecule has 0 radical (unpaired) electrons. The van der Waals surface area contributed by atoms with E-state index in [-0.39, 0.29) is 17.7 Å². The summed E-state index contributed by atoms with van der Waals surface area (Å²) in [5.41, 5.74) is -1.11. The van der Waals surface area contributed by atoms with Crippen molar-refractivity contribution in [3.8, 4) is 5.75 Å². The number of Topliss-reactive ketones (excluding diaryl/α,β-unsaturated/α-hetero) is 1. The first-order valence-corrected chi connectivity index (χ1v) is 18.6. The van der Waals surface area contributed by atoms with E-state index in [9.17, 15) is 45.0 Å². The molecule has 2 aliphatic rings. The number of pyridine rings is 1. The SMILES string of the molecule is C/C=C/C=C/[C@@H]1O[C@](O)([C@H](OC)C(=O)NC/C=C/C=C(/C)[C@@H](OC)[C@@H](C)[C@@H]2O[C@H](/C=C/C=C/C=C(\C)C(=O)c3c(O)cc[nH]c3=O)[C@H](O)[C@@H]2O)[C@H](O)[C@H](O)C1(C)C. The third kappa shape index (κ3) is 11.0. The highest BCUT2D eigenvalue weighted by atomic mass is 16.7. The number of H-pyrrole nitrogens is 1. The molecule has 15 nitrogen and oxygen atoms in total. The number of aromatic nitrogens is 1. The van der Waals surface area contributed by atoms with Crippen molar-refractivity contribution >= 4 is 11.7 Å². The summed E-state index contributed by atoms with van der Waals surface area (Å²) in [5, 5.41) is 67.4. The summed E-state index contributed by atoms with van der Waals surface area (Å²) in [7, 11) is 2.69. The highest BCUT2D eigenvalue weighted by molar-refractivity contribution is 6.09. The van der Waals surface area contributed by atoms with E-state index in [1.54, 1.807) is 80.7 Å². The molecule has 8 N–H and O–H groups in total. The molecule has 1 amide bonds. The monoisotopic (exact) mass is 798 g/mol. The Bertz CT molecular complexity index is 1810. The fourth-order valence-corrected chi connectivity index (χ4v) is 6.82. The second-order valence-corrected chi connectivity index (χ2v) is 14.7. The predicted molar refractivity (Wildman–Crippen MR) is 212 cm³/mol. The number of carbonyl (C=O) groups excluding carboxylic acids is 2. The number of carbonyl (C=O) groups is 2. The van der Waals surface area contributed by atoms with Crippen LogP contribution < -0.4 is 10.9 Å². The van der Waals surface area contributed by atoms with Crippen molar-refractivity contribution in [1.29, 1.82) is 0 Å². The Labute approximate surface area is 333 Å². The number of ketones is 1. The molecule has 3 heterocycles. The maximum Gasteiger partial charge on any atom is 0.262 e. The van der Waals surface area contributed by atoms with Crippen molar-refractivity contribution < 1.29 is 59.2 Å². The molecule has 0 spiro atoms. The third-order valence-electron chi connectivity index (χ3n) is 10.3. The molecule has 2 aliphatic heterocycles. The van der Waals surface area contributed by atoms with Crippen molar-refractivity contribution in [2.75, 3.05) is 20.8 Å². The molecular weight excluding hydrogens is 740 g/mol. The van der Waals surface area contributed by atoms with Crippen molar-refractivity contribution in [2.24, 2.45) is 11.3 Å². The van der Waals surface area contributed by atoms with Gasteiger partial charge in [-0.15, -0.1) is 0 Å². The van der Waals surface area contributed by atoms with Crippen LogP contribution in [0.1, 0.15) is 51.9 Å². The largest absolute Gasteiger partial charge is 0.507 e. The topological polar surface area (TPSA) is 237 Å². The van der Waals surface area contributed by atoms with E-state index >= 15 is 0 Å². The number of aliphatic hydroxyl groups excluding tert-OH is 4. The zero-order valence-corrected chi connectivity index (χ0v) is 33.6. The second-order valence-electron chi connectivity index (χ2n) is 14.7. The van der Waals surface area contributed by atoms with E-state index in [0.717, 1.165) is 5.57 Å². The molecule has 0 saturated carbocycles. The molecule has 0 aromatic carbocycles. The summed E-state index contributed by atoms with van der Waals surface area (Å²) in [6.45, 7) is 10.3. The number of hydrogen-bond acceptors (Lipinski definition) is 13. The first-order chi connectivity index (χ1) is 26.9. The molecule has 2 fully saturated rings. The lowest BCUT2D eigenvalue weighted by Gasteiger charge is -2.52. The Balaban J connectivity index is 1.60. The van der Waals surface area contributed by atoms with Gasteiger partial charge in [0.15, 0.2) is 11.9 Å². The Hall–Kier alpha value is -4.29. The molecule has 1 aromatic heterocycles. The van der Waals surface area contributed by atoms with Gasteiger partial charge in [-0.2, -0.15) is 0 Å². The van der Waals surface area contributed by atoms with Crippen LogP contribution in [0, 0.1) is 11.3 Å². The highest BCUT2D eigenvalue weighted by Gasteiger charge is 2.61.